The van der Waals surface area contributed by atoms with Crippen LogP contribution in [-0.4, -0.2) is 26.7 Å². The Kier molecular flexibility index (Phi) is 4.28. The van der Waals surface area contributed by atoms with E-state index in [0.29, 0.717) is 18.8 Å². The van der Waals surface area contributed by atoms with Gasteiger partial charge in [-0.1, -0.05) is 18.2 Å². The molecule has 24 heavy (non-hydrogen) atoms. The molecule has 2 heterocycles. The fraction of sp³-hybridized carbons (Fsp3) is 0.368. The second-order valence-corrected chi connectivity index (χ2v) is 7.02. The first-order valence-electron chi connectivity index (χ1n) is 8.01. The van der Waals surface area contributed by atoms with Gasteiger partial charge in [-0.2, -0.15) is 0 Å². The average molecular weight is 326 g/mol. The van der Waals surface area contributed by atoms with Crippen LogP contribution in [0.3, 0.4) is 0 Å². The van der Waals surface area contributed by atoms with E-state index < -0.39 is 5.60 Å². The van der Waals surface area contributed by atoms with Crippen molar-refractivity contribution in [2.75, 3.05) is 0 Å². The predicted octanol–water partition coefficient (Wildman–Crippen LogP) is 3.49. The third kappa shape index (κ3) is 3.57. The van der Waals surface area contributed by atoms with Crippen LogP contribution >= 0.6 is 0 Å². The number of benzene rings is 1. The molecule has 1 aliphatic heterocycles. The van der Waals surface area contributed by atoms with E-state index in [1.54, 1.807) is 11.1 Å². The zero-order chi connectivity index (χ0) is 17.3. The molecule has 0 radical (unpaired) electrons. The van der Waals surface area contributed by atoms with Gasteiger partial charge in [0.2, 0.25) is 0 Å². The van der Waals surface area contributed by atoms with E-state index in [0.717, 1.165) is 22.3 Å². The molecule has 0 aliphatic carbocycles. The normalized spacial score (nSPS) is 13.8. The van der Waals surface area contributed by atoms with Crippen molar-refractivity contribution in [2.24, 2.45) is 0 Å². The van der Waals surface area contributed by atoms with Gasteiger partial charge in [0.05, 0.1) is 12.3 Å². The zero-order valence-corrected chi connectivity index (χ0v) is 14.2. The van der Waals surface area contributed by atoms with Gasteiger partial charge in [-0.05, 0) is 49.6 Å². The topological polar surface area (TPSA) is 62.7 Å². The first-order chi connectivity index (χ1) is 11.4. The number of aliphatic hydroxyl groups is 1. The minimum atomic E-state index is -0.489. The molecule has 3 rings (SSSR count). The predicted molar refractivity (Wildman–Crippen MR) is 91.1 cm³/mol. The Hall–Kier alpha value is -2.40. The highest BCUT2D eigenvalue weighted by atomic mass is 16.6. The molecule has 0 spiro atoms. The number of nitrogens with zero attached hydrogens (tertiary/aromatic N) is 2. The van der Waals surface area contributed by atoms with Crippen LogP contribution in [0.2, 0.25) is 0 Å². The summed E-state index contributed by atoms with van der Waals surface area (Å²) in [6.07, 6.45) is 1.47. The maximum Gasteiger partial charge on any atom is 0.410 e. The monoisotopic (exact) mass is 326 g/mol. The van der Waals surface area contributed by atoms with Gasteiger partial charge in [-0.15, -0.1) is 0 Å². The SMILES string of the molecule is CC(C)(C)OC(=O)N1Cc2ccc(-c3ccc(CO)nc3)cc2C1. The third-order valence-corrected chi connectivity index (χ3v) is 3.90. The summed E-state index contributed by atoms with van der Waals surface area (Å²) in [5.41, 5.74) is 4.48. The summed E-state index contributed by atoms with van der Waals surface area (Å²) in [7, 11) is 0. The fourth-order valence-corrected chi connectivity index (χ4v) is 2.72. The zero-order valence-electron chi connectivity index (χ0n) is 14.2. The van der Waals surface area contributed by atoms with Gasteiger partial charge in [-0.3, -0.25) is 9.88 Å². The number of aliphatic hydroxyl groups excluding tert-OH is 1. The van der Waals surface area contributed by atoms with Gasteiger partial charge in [0.1, 0.15) is 5.60 Å². The summed E-state index contributed by atoms with van der Waals surface area (Å²) in [4.78, 5) is 18.2. The Morgan fingerprint density at radius 2 is 1.88 bits per heavy atom. The molecular weight excluding hydrogens is 304 g/mol. The van der Waals surface area contributed by atoms with Crippen molar-refractivity contribution in [3.05, 3.63) is 53.3 Å². The van der Waals surface area contributed by atoms with Gasteiger partial charge in [-0.25, -0.2) is 4.79 Å². The number of hydrogen-bond donors (Lipinski definition) is 1. The van der Waals surface area contributed by atoms with Crippen LogP contribution in [0.25, 0.3) is 11.1 Å². The molecule has 1 aromatic carbocycles. The largest absolute Gasteiger partial charge is 0.444 e. The number of ether oxygens (including phenoxy) is 1. The van der Waals surface area contributed by atoms with Crippen LogP contribution < -0.4 is 0 Å². The molecule has 0 atom stereocenters. The number of rotatable bonds is 2. The summed E-state index contributed by atoms with van der Waals surface area (Å²) < 4.78 is 5.45. The van der Waals surface area contributed by atoms with Crippen LogP contribution in [0.15, 0.2) is 36.5 Å². The Labute approximate surface area is 141 Å². The van der Waals surface area contributed by atoms with Crippen LogP contribution in [0.5, 0.6) is 0 Å². The van der Waals surface area contributed by atoms with Gasteiger partial charge in [0.25, 0.3) is 0 Å². The Morgan fingerprint density at radius 3 is 2.50 bits per heavy atom. The number of carbonyl (C=O) groups excluding carboxylic acids is 1. The maximum atomic E-state index is 12.2. The van der Waals surface area contributed by atoms with Gasteiger partial charge in [0.15, 0.2) is 0 Å². The number of amides is 1. The molecule has 0 bridgehead atoms. The molecule has 1 amide bonds. The highest BCUT2D eigenvalue weighted by Crippen LogP contribution is 2.29. The third-order valence-electron chi connectivity index (χ3n) is 3.90. The first-order valence-corrected chi connectivity index (χ1v) is 8.01. The average Bonchev–Trinajstić information content (AvgIpc) is 2.96. The lowest BCUT2D eigenvalue weighted by atomic mass is 10.0. The van der Waals surface area contributed by atoms with Crippen molar-refractivity contribution in [2.45, 2.75) is 46.1 Å². The van der Waals surface area contributed by atoms with Crippen LogP contribution in [-0.2, 0) is 24.4 Å². The second-order valence-electron chi connectivity index (χ2n) is 7.02. The lowest BCUT2D eigenvalue weighted by Crippen LogP contribution is -2.33. The number of hydrogen-bond acceptors (Lipinski definition) is 4. The Bertz CT molecular complexity index is 748. The van der Waals surface area contributed by atoms with Crippen LogP contribution in [0.1, 0.15) is 37.6 Å². The van der Waals surface area contributed by atoms with Crippen molar-refractivity contribution in [3.8, 4) is 11.1 Å². The van der Waals surface area contributed by atoms with E-state index in [1.807, 2.05) is 39.0 Å². The molecule has 5 heteroatoms. The van der Waals surface area contributed by atoms with Gasteiger partial charge < -0.3 is 9.84 Å². The van der Waals surface area contributed by atoms with Crippen LogP contribution in [0, 0.1) is 0 Å². The summed E-state index contributed by atoms with van der Waals surface area (Å²) in [5.74, 6) is 0. The minimum absolute atomic E-state index is 0.0602. The van der Waals surface area contributed by atoms with Crippen molar-refractivity contribution >= 4 is 6.09 Å². The molecule has 126 valence electrons. The maximum absolute atomic E-state index is 12.2. The molecule has 0 saturated heterocycles. The minimum Gasteiger partial charge on any atom is -0.444 e. The van der Waals surface area contributed by atoms with Crippen molar-refractivity contribution in [3.63, 3.8) is 0 Å². The summed E-state index contributed by atoms with van der Waals surface area (Å²) in [6, 6.07) is 9.94. The molecule has 1 aromatic heterocycles. The van der Waals surface area contributed by atoms with E-state index in [9.17, 15) is 4.79 Å². The molecule has 2 aromatic rings. The number of pyridine rings is 1. The Balaban J connectivity index is 1.77. The molecule has 1 aliphatic rings. The summed E-state index contributed by atoms with van der Waals surface area (Å²) >= 11 is 0. The molecule has 5 nitrogen and oxygen atoms in total. The summed E-state index contributed by atoms with van der Waals surface area (Å²) in [6.45, 7) is 6.68. The molecule has 0 saturated carbocycles. The van der Waals surface area contributed by atoms with E-state index >= 15 is 0 Å². The van der Waals surface area contributed by atoms with Crippen molar-refractivity contribution < 1.29 is 14.6 Å². The van der Waals surface area contributed by atoms with Gasteiger partial charge in [0, 0.05) is 24.8 Å². The number of fused-ring (bicyclic) bond motifs is 1. The van der Waals surface area contributed by atoms with Crippen molar-refractivity contribution in [1.82, 2.24) is 9.88 Å². The quantitative estimate of drug-likeness (QED) is 0.917. The van der Waals surface area contributed by atoms with E-state index in [4.69, 9.17) is 9.84 Å². The molecule has 0 fully saturated rings. The standard InChI is InChI=1S/C19H22N2O3/c1-19(2,3)24-18(23)21-10-15-5-4-13(8-16(15)11-21)14-6-7-17(12-22)20-9-14/h4-9,22H,10-12H2,1-3H3. The van der Waals surface area contributed by atoms with E-state index in [-0.39, 0.29) is 12.7 Å². The smallest absolute Gasteiger partial charge is 0.410 e. The molecule has 1 N–H and O–H groups in total. The highest BCUT2D eigenvalue weighted by molar-refractivity contribution is 5.70. The highest BCUT2D eigenvalue weighted by Gasteiger charge is 2.27. The van der Waals surface area contributed by atoms with Gasteiger partial charge >= 0.3 is 6.09 Å². The van der Waals surface area contributed by atoms with Crippen LogP contribution in [0.4, 0.5) is 4.79 Å². The summed E-state index contributed by atoms with van der Waals surface area (Å²) in [5, 5.41) is 9.08. The van der Waals surface area contributed by atoms with E-state index in [1.165, 1.54) is 0 Å². The molecular formula is C19H22N2O3. The van der Waals surface area contributed by atoms with Crippen molar-refractivity contribution in [1.29, 1.82) is 0 Å². The first kappa shape index (κ1) is 16.5. The second kappa shape index (κ2) is 6.24. The Morgan fingerprint density at radius 1 is 1.17 bits per heavy atom. The lowest BCUT2D eigenvalue weighted by Gasteiger charge is -2.24. The number of aromatic nitrogens is 1. The number of carbonyl (C=O) groups is 1. The fourth-order valence-electron chi connectivity index (χ4n) is 2.72. The molecule has 0 unspecified atom stereocenters. The van der Waals surface area contributed by atoms with E-state index in [2.05, 4.69) is 17.1 Å². The lowest BCUT2D eigenvalue weighted by molar-refractivity contribution is 0.0242.